The maximum absolute atomic E-state index is 13.8. The van der Waals surface area contributed by atoms with Gasteiger partial charge in [0, 0.05) is 33.5 Å². The van der Waals surface area contributed by atoms with Crippen LogP contribution >= 0.6 is 0 Å². The quantitative estimate of drug-likeness (QED) is 0.177. The smallest absolute Gasteiger partial charge is 0.197 e. The first kappa shape index (κ1) is 24.3. The van der Waals surface area contributed by atoms with Gasteiger partial charge in [-0.25, -0.2) is 0 Å². The molecule has 3 nitrogen and oxygen atoms in total. The SMILES string of the molecule is CC=C(C=CCC)n1c2ccccc2c(=O)c2cc(N(c3ccc(C)cc3)c3ccc(C)cc3)ccc21. The topological polar surface area (TPSA) is 25.2 Å². The molecule has 0 unspecified atom stereocenters. The highest BCUT2D eigenvalue weighted by Crippen LogP contribution is 2.36. The van der Waals surface area contributed by atoms with Gasteiger partial charge in [0.05, 0.1) is 11.0 Å². The summed E-state index contributed by atoms with van der Waals surface area (Å²) >= 11 is 0. The lowest BCUT2D eigenvalue weighted by atomic mass is 10.1. The summed E-state index contributed by atoms with van der Waals surface area (Å²) in [4.78, 5) is 16.0. The van der Waals surface area contributed by atoms with Gasteiger partial charge < -0.3 is 9.47 Å². The molecule has 0 amide bonds. The van der Waals surface area contributed by atoms with Gasteiger partial charge in [0.1, 0.15) is 0 Å². The van der Waals surface area contributed by atoms with Crippen molar-refractivity contribution in [1.82, 2.24) is 4.57 Å². The molecule has 0 spiro atoms. The monoisotopic (exact) mass is 484 g/mol. The minimum Gasteiger partial charge on any atom is -0.310 e. The van der Waals surface area contributed by atoms with Crippen LogP contribution in [0, 0.1) is 13.8 Å². The second-order valence-corrected chi connectivity index (χ2v) is 9.41. The number of rotatable bonds is 6. The number of aromatic nitrogens is 1. The molecule has 0 N–H and O–H groups in total. The predicted molar refractivity (Wildman–Crippen MR) is 159 cm³/mol. The van der Waals surface area contributed by atoms with Crippen LogP contribution in [0.25, 0.3) is 27.5 Å². The van der Waals surface area contributed by atoms with Gasteiger partial charge in [-0.2, -0.15) is 0 Å². The number of fused-ring (bicyclic) bond motifs is 2. The molecule has 3 heteroatoms. The molecule has 5 aromatic rings. The Morgan fingerprint density at radius 1 is 0.757 bits per heavy atom. The molecular formula is C34H32N2O. The molecule has 0 saturated heterocycles. The van der Waals surface area contributed by atoms with E-state index in [0.29, 0.717) is 10.8 Å². The number of aryl methyl sites for hydroxylation is 2. The molecule has 0 aliphatic rings. The first-order valence-corrected chi connectivity index (χ1v) is 12.9. The molecule has 37 heavy (non-hydrogen) atoms. The fourth-order valence-corrected chi connectivity index (χ4v) is 4.83. The number of hydrogen-bond donors (Lipinski definition) is 0. The lowest BCUT2D eigenvalue weighted by molar-refractivity contribution is 1.18. The fraction of sp³-hybridized carbons (Fsp3) is 0.147. The molecule has 4 aromatic carbocycles. The van der Waals surface area contributed by atoms with Crippen molar-refractivity contribution in [3.8, 4) is 0 Å². The van der Waals surface area contributed by atoms with Gasteiger partial charge in [0.25, 0.3) is 0 Å². The van der Waals surface area contributed by atoms with Gasteiger partial charge >= 0.3 is 0 Å². The van der Waals surface area contributed by atoms with Crippen molar-refractivity contribution in [3.05, 3.63) is 131 Å². The van der Waals surface area contributed by atoms with E-state index in [-0.39, 0.29) is 5.43 Å². The number of allylic oxidation sites excluding steroid dienone is 4. The van der Waals surface area contributed by atoms with Crippen LogP contribution in [0.1, 0.15) is 31.4 Å². The second kappa shape index (κ2) is 10.3. The van der Waals surface area contributed by atoms with Gasteiger partial charge in [-0.15, -0.1) is 0 Å². The Kier molecular flexibility index (Phi) is 6.78. The van der Waals surface area contributed by atoms with Crippen LogP contribution in [0.15, 0.2) is 114 Å². The number of para-hydroxylation sites is 1. The fourth-order valence-electron chi connectivity index (χ4n) is 4.83. The average molecular weight is 485 g/mol. The van der Waals surface area contributed by atoms with Crippen LogP contribution in [0.4, 0.5) is 17.1 Å². The van der Waals surface area contributed by atoms with Gasteiger partial charge in [0.2, 0.25) is 0 Å². The zero-order valence-electron chi connectivity index (χ0n) is 21.9. The molecule has 0 radical (unpaired) electrons. The minimum absolute atomic E-state index is 0.0476. The van der Waals surface area contributed by atoms with Crippen molar-refractivity contribution in [3.63, 3.8) is 0 Å². The largest absolute Gasteiger partial charge is 0.310 e. The van der Waals surface area contributed by atoms with Crippen LogP contribution < -0.4 is 10.3 Å². The number of pyridine rings is 1. The Morgan fingerprint density at radius 3 is 1.92 bits per heavy atom. The highest BCUT2D eigenvalue weighted by Gasteiger charge is 2.17. The average Bonchev–Trinajstić information content (AvgIpc) is 2.93. The molecular weight excluding hydrogens is 452 g/mol. The van der Waals surface area contributed by atoms with Crippen molar-refractivity contribution in [1.29, 1.82) is 0 Å². The summed E-state index contributed by atoms with van der Waals surface area (Å²) in [7, 11) is 0. The third-order valence-electron chi connectivity index (χ3n) is 6.78. The minimum atomic E-state index is 0.0476. The highest BCUT2D eigenvalue weighted by atomic mass is 16.1. The van der Waals surface area contributed by atoms with E-state index in [1.54, 1.807) is 0 Å². The zero-order chi connectivity index (χ0) is 25.9. The van der Waals surface area contributed by atoms with Crippen molar-refractivity contribution >= 4 is 44.6 Å². The third-order valence-corrected chi connectivity index (χ3v) is 6.78. The maximum atomic E-state index is 13.8. The lowest BCUT2D eigenvalue weighted by Crippen LogP contribution is -2.14. The summed E-state index contributed by atoms with van der Waals surface area (Å²) in [5.74, 6) is 0. The van der Waals surface area contributed by atoms with Gasteiger partial charge in [-0.1, -0.05) is 66.6 Å². The van der Waals surface area contributed by atoms with E-state index < -0.39 is 0 Å². The first-order valence-electron chi connectivity index (χ1n) is 12.9. The van der Waals surface area contributed by atoms with E-state index in [0.717, 1.165) is 40.2 Å². The van der Waals surface area contributed by atoms with Crippen molar-refractivity contribution in [2.24, 2.45) is 0 Å². The molecule has 0 bridgehead atoms. The number of anilines is 3. The molecule has 184 valence electrons. The molecule has 1 aromatic heterocycles. The molecule has 0 aliphatic heterocycles. The van der Waals surface area contributed by atoms with Crippen LogP contribution in [0.3, 0.4) is 0 Å². The van der Waals surface area contributed by atoms with E-state index >= 15 is 0 Å². The van der Waals surface area contributed by atoms with E-state index in [1.807, 2.05) is 37.3 Å². The van der Waals surface area contributed by atoms with Crippen LogP contribution in [-0.2, 0) is 0 Å². The normalized spacial score (nSPS) is 12.1. The van der Waals surface area contributed by atoms with E-state index in [9.17, 15) is 4.79 Å². The van der Waals surface area contributed by atoms with Crippen molar-refractivity contribution in [2.45, 2.75) is 34.1 Å². The maximum Gasteiger partial charge on any atom is 0.197 e. The Morgan fingerprint density at radius 2 is 1.32 bits per heavy atom. The van der Waals surface area contributed by atoms with Crippen LogP contribution in [-0.4, -0.2) is 4.57 Å². The number of benzene rings is 4. The summed E-state index contributed by atoms with van der Waals surface area (Å²) in [6.07, 6.45) is 7.33. The summed E-state index contributed by atoms with van der Waals surface area (Å²) in [5.41, 5.74) is 8.37. The van der Waals surface area contributed by atoms with E-state index in [4.69, 9.17) is 0 Å². The van der Waals surface area contributed by atoms with Crippen LogP contribution in [0.5, 0.6) is 0 Å². The molecule has 0 atom stereocenters. The Bertz CT molecular complexity index is 1640. The molecule has 5 rings (SSSR count). The zero-order valence-corrected chi connectivity index (χ0v) is 21.9. The summed E-state index contributed by atoms with van der Waals surface area (Å²) < 4.78 is 2.20. The number of nitrogens with zero attached hydrogens (tertiary/aromatic N) is 2. The molecule has 0 fully saturated rings. The van der Waals surface area contributed by atoms with E-state index in [2.05, 4.69) is 109 Å². The lowest BCUT2D eigenvalue weighted by Gasteiger charge is -2.26. The van der Waals surface area contributed by atoms with Gasteiger partial charge in [-0.3, -0.25) is 4.79 Å². The highest BCUT2D eigenvalue weighted by molar-refractivity contribution is 5.99. The summed E-state index contributed by atoms with van der Waals surface area (Å²) in [6.45, 7) is 8.35. The second-order valence-electron chi connectivity index (χ2n) is 9.41. The molecule has 0 saturated carbocycles. The first-order chi connectivity index (χ1) is 18.0. The van der Waals surface area contributed by atoms with Crippen molar-refractivity contribution < 1.29 is 0 Å². The predicted octanol–water partition coefficient (Wildman–Crippen LogP) is 9.07. The third kappa shape index (κ3) is 4.61. The standard InChI is InChI=1S/C34H32N2O/c1-5-7-10-26(6-2)36-32-12-9-8-11-30(32)34(37)31-23-29(21-22-33(31)36)35(27-17-13-24(3)14-18-27)28-19-15-25(4)16-20-28/h6-23H,5H2,1-4H3. The van der Waals surface area contributed by atoms with Crippen molar-refractivity contribution in [2.75, 3.05) is 4.90 Å². The van der Waals surface area contributed by atoms with Gasteiger partial charge in [0.15, 0.2) is 5.43 Å². The summed E-state index contributed by atoms with van der Waals surface area (Å²) in [6, 6.07) is 31.1. The summed E-state index contributed by atoms with van der Waals surface area (Å²) in [5, 5.41) is 1.42. The molecule has 0 aliphatic carbocycles. The van der Waals surface area contributed by atoms with Gasteiger partial charge in [-0.05, 0) is 87.9 Å². The van der Waals surface area contributed by atoms with E-state index in [1.165, 1.54) is 11.1 Å². The Labute approximate surface area is 218 Å². The Balaban J connectivity index is 1.81. The molecule has 1 heterocycles. The van der Waals surface area contributed by atoms with Crippen LogP contribution in [0.2, 0.25) is 0 Å². The Hall–Kier alpha value is -4.37. The number of hydrogen-bond acceptors (Lipinski definition) is 2.